The van der Waals surface area contributed by atoms with E-state index in [2.05, 4.69) is 29.8 Å². The molecule has 0 heterocycles. The standard InChI is InChI=1S/C17H23BrO2S/c1-3-9-16(10-4-2)11-17(12-16,15(19)20)21-14-8-6-5-7-13(14)18/h5-8H,3-4,9-12H2,1-2H3,(H,19,20). The monoisotopic (exact) mass is 370 g/mol. The van der Waals surface area contributed by atoms with Crippen LogP contribution in [0.3, 0.4) is 0 Å². The molecule has 0 radical (unpaired) electrons. The number of carboxylic acids is 1. The molecular weight excluding hydrogens is 348 g/mol. The zero-order valence-electron chi connectivity index (χ0n) is 12.7. The molecule has 1 aliphatic rings. The van der Waals surface area contributed by atoms with Crippen molar-refractivity contribution in [1.29, 1.82) is 0 Å². The molecule has 4 heteroatoms. The van der Waals surface area contributed by atoms with Gasteiger partial charge in [-0.3, -0.25) is 4.79 Å². The first-order chi connectivity index (χ1) is 9.97. The van der Waals surface area contributed by atoms with Gasteiger partial charge in [0.1, 0.15) is 4.75 Å². The van der Waals surface area contributed by atoms with E-state index < -0.39 is 10.7 Å². The Bertz CT molecular complexity index is 501. The van der Waals surface area contributed by atoms with Crippen molar-refractivity contribution in [2.24, 2.45) is 5.41 Å². The molecule has 0 aromatic heterocycles. The van der Waals surface area contributed by atoms with Crippen LogP contribution in [0.1, 0.15) is 52.4 Å². The molecule has 0 saturated heterocycles. The zero-order valence-corrected chi connectivity index (χ0v) is 15.1. The first-order valence-corrected chi connectivity index (χ1v) is 9.25. The molecule has 0 spiro atoms. The molecular formula is C17H23BrO2S. The van der Waals surface area contributed by atoms with Crippen LogP contribution in [0.5, 0.6) is 0 Å². The first-order valence-electron chi connectivity index (χ1n) is 7.64. The van der Waals surface area contributed by atoms with Crippen LogP contribution in [0, 0.1) is 5.41 Å². The lowest BCUT2D eigenvalue weighted by Gasteiger charge is -2.54. The van der Waals surface area contributed by atoms with Crippen LogP contribution in [-0.2, 0) is 4.79 Å². The fraction of sp³-hybridized carbons (Fsp3) is 0.588. The van der Waals surface area contributed by atoms with Crippen LogP contribution in [0.15, 0.2) is 33.6 Å². The quantitative estimate of drug-likeness (QED) is 0.664. The van der Waals surface area contributed by atoms with Crippen LogP contribution in [0.25, 0.3) is 0 Å². The number of carbonyl (C=O) groups is 1. The SMILES string of the molecule is CCCC1(CCC)CC(Sc2ccccc2Br)(C(=O)O)C1. The molecule has 1 aromatic rings. The number of halogens is 1. The molecule has 0 aliphatic heterocycles. The summed E-state index contributed by atoms with van der Waals surface area (Å²) in [6, 6.07) is 7.90. The predicted octanol–water partition coefficient (Wildman–Crippen LogP) is 5.75. The van der Waals surface area contributed by atoms with E-state index in [0.717, 1.165) is 47.9 Å². The number of aliphatic carboxylic acids is 1. The highest BCUT2D eigenvalue weighted by Gasteiger charge is 2.58. The molecule has 1 aromatic carbocycles. The molecule has 21 heavy (non-hydrogen) atoms. The molecule has 1 fully saturated rings. The Balaban J connectivity index is 2.18. The van der Waals surface area contributed by atoms with Gasteiger partial charge in [0, 0.05) is 9.37 Å². The summed E-state index contributed by atoms with van der Waals surface area (Å²) in [6.45, 7) is 4.39. The summed E-state index contributed by atoms with van der Waals surface area (Å²) in [6.07, 6.45) is 6.15. The fourth-order valence-corrected chi connectivity index (χ4v) is 5.81. The van der Waals surface area contributed by atoms with Crippen LogP contribution in [0.4, 0.5) is 0 Å². The van der Waals surface area contributed by atoms with Gasteiger partial charge in [-0.1, -0.05) is 38.8 Å². The second kappa shape index (κ2) is 6.74. The maximum Gasteiger partial charge on any atom is 0.320 e. The fourth-order valence-electron chi connectivity index (χ4n) is 3.70. The van der Waals surface area contributed by atoms with Crippen molar-refractivity contribution in [2.75, 3.05) is 0 Å². The molecule has 1 aliphatic carbocycles. The van der Waals surface area contributed by atoms with Gasteiger partial charge in [0.25, 0.3) is 0 Å². The Hall–Kier alpha value is -0.480. The Kier molecular flexibility index (Phi) is 5.42. The molecule has 116 valence electrons. The van der Waals surface area contributed by atoms with Gasteiger partial charge in [-0.2, -0.15) is 0 Å². The van der Waals surface area contributed by atoms with E-state index in [4.69, 9.17) is 0 Å². The predicted molar refractivity (Wildman–Crippen MR) is 91.8 cm³/mol. The van der Waals surface area contributed by atoms with Crippen molar-refractivity contribution < 1.29 is 9.90 Å². The van der Waals surface area contributed by atoms with Gasteiger partial charge in [-0.05, 0) is 59.2 Å². The summed E-state index contributed by atoms with van der Waals surface area (Å²) in [4.78, 5) is 12.9. The normalized spacial score (nSPS) is 19.0. The summed E-state index contributed by atoms with van der Waals surface area (Å²) in [7, 11) is 0. The number of carboxylic acid groups (broad SMARTS) is 1. The smallest absolute Gasteiger partial charge is 0.320 e. The summed E-state index contributed by atoms with van der Waals surface area (Å²) < 4.78 is 0.341. The third kappa shape index (κ3) is 3.48. The van der Waals surface area contributed by atoms with Crippen LogP contribution >= 0.6 is 27.7 Å². The summed E-state index contributed by atoms with van der Waals surface area (Å²) in [5, 5.41) is 9.77. The van der Waals surface area contributed by atoms with Gasteiger partial charge < -0.3 is 5.11 Å². The third-order valence-electron chi connectivity index (χ3n) is 4.41. The Morgan fingerprint density at radius 2 is 1.81 bits per heavy atom. The number of rotatable bonds is 7. The van der Waals surface area contributed by atoms with E-state index in [0.29, 0.717) is 0 Å². The van der Waals surface area contributed by atoms with Crippen molar-refractivity contribution in [1.82, 2.24) is 0 Å². The van der Waals surface area contributed by atoms with Crippen LogP contribution in [-0.4, -0.2) is 15.8 Å². The molecule has 0 bridgehead atoms. The lowest BCUT2D eigenvalue weighted by atomic mass is 9.57. The number of hydrogen-bond donors (Lipinski definition) is 1. The maximum absolute atomic E-state index is 11.9. The van der Waals surface area contributed by atoms with Crippen LogP contribution < -0.4 is 0 Å². The van der Waals surface area contributed by atoms with Crippen molar-refractivity contribution >= 4 is 33.7 Å². The summed E-state index contributed by atoms with van der Waals surface area (Å²) in [5.74, 6) is -0.661. The molecule has 1 saturated carbocycles. The van der Waals surface area contributed by atoms with Crippen molar-refractivity contribution in [3.8, 4) is 0 Å². The number of hydrogen-bond acceptors (Lipinski definition) is 2. The van der Waals surface area contributed by atoms with E-state index in [1.165, 1.54) is 11.8 Å². The van der Waals surface area contributed by atoms with E-state index in [1.807, 2.05) is 24.3 Å². The third-order valence-corrected chi connectivity index (χ3v) is 6.80. The lowest BCUT2D eigenvalue weighted by Crippen LogP contribution is -2.54. The minimum Gasteiger partial charge on any atom is -0.480 e. The highest BCUT2D eigenvalue weighted by atomic mass is 79.9. The largest absolute Gasteiger partial charge is 0.480 e. The minimum absolute atomic E-state index is 0.246. The van der Waals surface area contributed by atoms with E-state index >= 15 is 0 Å². The Morgan fingerprint density at radius 3 is 2.29 bits per heavy atom. The highest BCUT2D eigenvalue weighted by molar-refractivity contribution is 9.10. The van der Waals surface area contributed by atoms with Crippen LogP contribution in [0.2, 0.25) is 0 Å². The molecule has 2 nitrogen and oxygen atoms in total. The number of thioether (sulfide) groups is 1. The van der Waals surface area contributed by atoms with Gasteiger partial charge in [-0.25, -0.2) is 0 Å². The average molecular weight is 371 g/mol. The van der Waals surface area contributed by atoms with E-state index in [1.54, 1.807) is 0 Å². The van der Waals surface area contributed by atoms with Gasteiger partial charge >= 0.3 is 5.97 Å². The van der Waals surface area contributed by atoms with Crippen molar-refractivity contribution in [3.63, 3.8) is 0 Å². The molecule has 2 rings (SSSR count). The topological polar surface area (TPSA) is 37.3 Å². The Morgan fingerprint density at radius 1 is 1.24 bits per heavy atom. The second-order valence-corrected chi connectivity index (χ2v) is 8.47. The maximum atomic E-state index is 11.9. The average Bonchev–Trinajstić information content (AvgIpc) is 2.39. The van der Waals surface area contributed by atoms with Gasteiger partial charge in [0.15, 0.2) is 0 Å². The van der Waals surface area contributed by atoms with E-state index in [-0.39, 0.29) is 5.41 Å². The zero-order chi connectivity index (χ0) is 15.5. The molecule has 0 unspecified atom stereocenters. The number of benzene rings is 1. The molecule has 1 N–H and O–H groups in total. The van der Waals surface area contributed by atoms with Crippen molar-refractivity contribution in [3.05, 3.63) is 28.7 Å². The van der Waals surface area contributed by atoms with Gasteiger partial charge in [-0.15, -0.1) is 11.8 Å². The second-order valence-electron chi connectivity index (χ2n) is 6.19. The van der Waals surface area contributed by atoms with E-state index in [9.17, 15) is 9.90 Å². The minimum atomic E-state index is -0.661. The lowest BCUT2D eigenvalue weighted by molar-refractivity contribution is -0.147. The molecule has 0 atom stereocenters. The summed E-state index contributed by atoms with van der Waals surface area (Å²) in [5.41, 5.74) is 0.246. The highest BCUT2D eigenvalue weighted by Crippen LogP contribution is 2.62. The Labute approximate surface area is 139 Å². The molecule has 0 amide bonds. The van der Waals surface area contributed by atoms with Gasteiger partial charge in [0.05, 0.1) is 0 Å². The first kappa shape index (κ1) is 16.9. The van der Waals surface area contributed by atoms with Gasteiger partial charge in [0.2, 0.25) is 0 Å². The van der Waals surface area contributed by atoms with Crippen molar-refractivity contribution in [2.45, 2.75) is 62.0 Å². The summed E-state index contributed by atoms with van der Waals surface area (Å²) >= 11 is 5.05.